The summed E-state index contributed by atoms with van der Waals surface area (Å²) in [6.45, 7) is 5.50. The van der Waals surface area contributed by atoms with Gasteiger partial charge in [-0.1, -0.05) is 50.3 Å². The maximum atomic E-state index is 13.0. The van der Waals surface area contributed by atoms with E-state index in [0.717, 1.165) is 45.3 Å². The van der Waals surface area contributed by atoms with Gasteiger partial charge < -0.3 is 19.9 Å². The summed E-state index contributed by atoms with van der Waals surface area (Å²) in [5.74, 6) is -0.613. The van der Waals surface area contributed by atoms with Crippen molar-refractivity contribution in [1.82, 2.24) is 5.32 Å². The molecular weight excluding hydrogens is 502 g/mol. The minimum absolute atomic E-state index is 0.215. The molecule has 1 fully saturated rings. The van der Waals surface area contributed by atoms with Crippen molar-refractivity contribution < 1.29 is 17.9 Å². The van der Waals surface area contributed by atoms with Gasteiger partial charge in [0, 0.05) is 54.1 Å². The highest BCUT2D eigenvalue weighted by atomic mass is 32.2. The number of nitrogens with one attached hydrogen (secondary N) is 1. The molecule has 0 spiro atoms. The van der Waals surface area contributed by atoms with Gasteiger partial charge in [0.2, 0.25) is 5.91 Å². The van der Waals surface area contributed by atoms with E-state index in [0.29, 0.717) is 13.0 Å². The first-order valence-electron chi connectivity index (χ1n) is 12.7. The van der Waals surface area contributed by atoms with Crippen molar-refractivity contribution in [1.29, 1.82) is 0 Å². The number of allylic oxidation sites excluding steroid dienone is 2. The normalized spacial score (nSPS) is 20.5. The summed E-state index contributed by atoms with van der Waals surface area (Å²) in [7, 11) is 1.29. The second-order valence-electron chi connectivity index (χ2n) is 10.3. The number of anilines is 2. The zero-order chi connectivity index (χ0) is 26.8. The summed E-state index contributed by atoms with van der Waals surface area (Å²) < 4.78 is 32.4. The third-order valence-corrected chi connectivity index (χ3v) is 9.29. The summed E-state index contributed by atoms with van der Waals surface area (Å²) in [6, 6.07) is 14.4. The van der Waals surface area contributed by atoms with Gasteiger partial charge in [-0.3, -0.25) is 4.79 Å². The zero-order valence-corrected chi connectivity index (χ0v) is 25.1. The minimum atomic E-state index is -3.66. The molecule has 1 amide bonds. The van der Waals surface area contributed by atoms with Gasteiger partial charge in [0.15, 0.2) is 15.6 Å². The van der Waals surface area contributed by atoms with Crippen LogP contribution < -0.4 is 15.1 Å². The number of fused-ring (bicyclic) bond motifs is 3. The molecule has 2 aromatic carbocycles. The molecule has 2 aliphatic heterocycles. The summed E-state index contributed by atoms with van der Waals surface area (Å²) in [4.78, 5) is 16.4. The first-order valence-corrected chi connectivity index (χ1v) is 15.8. The van der Waals surface area contributed by atoms with E-state index in [-0.39, 0.29) is 10.8 Å². The smallest absolute Gasteiger partial charge is 0.220 e. The lowest BCUT2D eigenvalue weighted by atomic mass is 9.77. The Hall–Kier alpha value is -2.88. The number of carbonyl (C=O) groups excluding carboxylic acids is 1. The first kappa shape index (κ1) is 27.2. The third kappa shape index (κ3) is 5.12. The van der Waals surface area contributed by atoms with Crippen LogP contribution in [0.15, 0.2) is 65.6 Å². The summed E-state index contributed by atoms with van der Waals surface area (Å²) in [6.07, 6.45) is 8.52. The molecule has 1 atom stereocenters. The Morgan fingerprint density at radius 1 is 1.16 bits per heavy atom. The molecule has 2 aliphatic rings. The average molecular weight is 540 g/mol. The predicted octanol–water partition coefficient (Wildman–Crippen LogP) is 2.87. The van der Waals surface area contributed by atoms with E-state index in [9.17, 15) is 13.2 Å². The summed E-state index contributed by atoms with van der Waals surface area (Å²) in [5.41, 5.74) is 2.95. The van der Waals surface area contributed by atoms with E-state index in [4.69, 9.17) is 4.74 Å². The lowest BCUT2D eigenvalue weighted by Crippen LogP contribution is -2.51. The van der Waals surface area contributed by atoms with Gasteiger partial charge in [-0.05, 0) is 47.5 Å². The van der Waals surface area contributed by atoms with E-state index in [1.54, 1.807) is 12.1 Å². The zero-order valence-electron chi connectivity index (χ0n) is 22.3. The molecule has 2 aromatic rings. The van der Waals surface area contributed by atoms with Crippen molar-refractivity contribution in [2.75, 3.05) is 42.9 Å². The molecule has 198 valence electrons. The quantitative estimate of drug-likeness (QED) is 0.390. The molecule has 2 heterocycles. The van der Waals surface area contributed by atoms with Gasteiger partial charge in [0.05, 0.1) is 11.5 Å². The monoisotopic (exact) mass is 539 g/mol. The average Bonchev–Trinajstić information content (AvgIpc) is 3.37. The Bertz CT molecular complexity index is 1320. The highest BCUT2D eigenvalue weighted by molar-refractivity contribution is 7.91. The SMILES string of the molecule is CN(C)c1ccc(C=CC=CC23OCCN2c2ccc(S(=O)(=O)CNC(=O)CC[SiH3])cc2C3(C)C)cc1. The van der Waals surface area contributed by atoms with E-state index in [2.05, 4.69) is 65.4 Å². The molecule has 1 saturated heterocycles. The van der Waals surface area contributed by atoms with Crippen LogP contribution in [0.1, 0.15) is 31.4 Å². The van der Waals surface area contributed by atoms with Gasteiger partial charge in [0.25, 0.3) is 0 Å². The van der Waals surface area contributed by atoms with Crippen LogP contribution in [-0.2, 0) is 24.8 Å². The Labute approximate surface area is 223 Å². The van der Waals surface area contributed by atoms with E-state index >= 15 is 0 Å². The van der Waals surface area contributed by atoms with Crippen molar-refractivity contribution >= 4 is 43.4 Å². The van der Waals surface area contributed by atoms with Crippen LogP contribution in [0.4, 0.5) is 11.4 Å². The van der Waals surface area contributed by atoms with E-state index < -0.39 is 26.9 Å². The molecule has 0 aliphatic carbocycles. The number of hydrogen-bond acceptors (Lipinski definition) is 6. The third-order valence-electron chi connectivity index (χ3n) is 7.29. The van der Waals surface area contributed by atoms with Gasteiger partial charge in [-0.2, -0.15) is 0 Å². The highest BCUT2D eigenvalue weighted by Gasteiger charge is 2.59. The van der Waals surface area contributed by atoms with Crippen LogP contribution >= 0.6 is 0 Å². The maximum absolute atomic E-state index is 13.0. The van der Waals surface area contributed by atoms with Gasteiger partial charge in [-0.25, -0.2) is 8.42 Å². The Balaban J connectivity index is 1.58. The molecular formula is C28H37N3O4SSi. The molecule has 4 rings (SSSR count). The number of sulfone groups is 1. The van der Waals surface area contributed by atoms with Crippen LogP contribution in [0.2, 0.25) is 6.04 Å². The lowest BCUT2D eigenvalue weighted by molar-refractivity contribution is -0.120. The van der Waals surface area contributed by atoms with Gasteiger partial charge in [0.1, 0.15) is 5.88 Å². The minimum Gasteiger partial charge on any atom is -0.378 e. The molecule has 9 heteroatoms. The molecule has 1 unspecified atom stereocenters. The van der Waals surface area contributed by atoms with Crippen molar-refractivity contribution in [3.63, 3.8) is 0 Å². The molecule has 0 aromatic heterocycles. The molecule has 0 saturated carbocycles. The van der Waals surface area contributed by atoms with Crippen LogP contribution in [0.5, 0.6) is 0 Å². The van der Waals surface area contributed by atoms with Crippen LogP contribution in [-0.4, -0.2) is 63.4 Å². The summed E-state index contributed by atoms with van der Waals surface area (Å²) >= 11 is 0. The Morgan fingerprint density at radius 2 is 1.89 bits per heavy atom. The number of benzene rings is 2. The van der Waals surface area contributed by atoms with Gasteiger partial charge >= 0.3 is 0 Å². The fourth-order valence-electron chi connectivity index (χ4n) is 5.15. The fraction of sp³-hybridized carbons (Fsp3) is 0.393. The van der Waals surface area contributed by atoms with Crippen molar-refractivity contribution in [3.8, 4) is 0 Å². The molecule has 7 nitrogen and oxygen atoms in total. The number of nitrogens with zero attached hydrogens (tertiary/aromatic N) is 2. The second-order valence-corrected chi connectivity index (χ2v) is 13.3. The number of hydrogen-bond donors (Lipinski definition) is 1. The van der Waals surface area contributed by atoms with Crippen molar-refractivity contribution in [2.24, 2.45) is 0 Å². The first-order chi connectivity index (χ1) is 17.5. The summed E-state index contributed by atoms with van der Waals surface area (Å²) in [5, 5.41) is 2.55. The topological polar surface area (TPSA) is 79.0 Å². The van der Waals surface area contributed by atoms with E-state index in [1.807, 2.05) is 32.3 Å². The standard InChI is InChI=1S/C28H37N3O4SSi/c1-27(2)24-19-23(36(33,34)20-29-26(32)14-18-37)12-13-25(24)31-16-17-35-28(27,31)15-6-5-7-21-8-10-22(11-9-21)30(3)4/h5-13,15,19H,14,16-18,20H2,1-4,37H3,(H,29,32). The maximum Gasteiger partial charge on any atom is 0.220 e. The highest BCUT2D eigenvalue weighted by Crippen LogP contribution is 2.55. The number of amides is 1. The largest absolute Gasteiger partial charge is 0.378 e. The fourth-order valence-corrected chi connectivity index (χ4v) is 6.69. The second kappa shape index (κ2) is 10.5. The van der Waals surface area contributed by atoms with Crippen LogP contribution in [0.3, 0.4) is 0 Å². The van der Waals surface area contributed by atoms with Crippen LogP contribution in [0, 0.1) is 0 Å². The number of rotatable bonds is 9. The molecule has 0 radical (unpaired) electrons. The molecule has 1 N–H and O–H groups in total. The van der Waals surface area contributed by atoms with Crippen LogP contribution in [0.25, 0.3) is 6.08 Å². The molecule has 0 bridgehead atoms. The van der Waals surface area contributed by atoms with Gasteiger partial charge in [-0.15, -0.1) is 0 Å². The number of carbonyl (C=O) groups is 1. The van der Waals surface area contributed by atoms with Crippen molar-refractivity contribution in [3.05, 3.63) is 71.8 Å². The van der Waals surface area contributed by atoms with E-state index in [1.165, 1.54) is 0 Å². The Morgan fingerprint density at radius 3 is 2.57 bits per heavy atom. The Kier molecular flexibility index (Phi) is 7.69. The molecule has 37 heavy (non-hydrogen) atoms. The predicted molar refractivity (Wildman–Crippen MR) is 154 cm³/mol. The number of ether oxygens (including phenoxy) is 1. The lowest BCUT2D eigenvalue weighted by Gasteiger charge is -2.39. The van der Waals surface area contributed by atoms with Crippen molar-refractivity contribution in [2.45, 2.75) is 42.3 Å².